The van der Waals surface area contributed by atoms with Crippen LogP contribution in [0.25, 0.3) is 0 Å². The summed E-state index contributed by atoms with van der Waals surface area (Å²) in [4.78, 5) is 2.01. The van der Waals surface area contributed by atoms with E-state index < -0.39 is 0 Å². The minimum atomic E-state index is 0.849. The highest BCUT2D eigenvalue weighted by Gasteiger charge is 2.06. The van der Waals surface area contributed by atoms with Gasteiger partial charge in [-0.25, -0.2) is 0 Å². The van der Waals surface area contributed by atoms with Crippen molar-refractivity contribution in [3.8, 4) is 0 Å². The highest BCUT2D eigenvalue weighted by Crippen LogP contribution is 2.15. The van der Waals surface area contributed by atoms with E-state index in [2.05, 4.69) is 23.8 Å². The number of benzene rings is 1. The summed E-state index contributed by atoms with van der Waals surface area (Å²) in [6.45, 7) is 3.19. The molecule has 0 spiro atoms. The van der Waals surface area contributed by atoms with Crippen LogP contribution in [0.4, 0.5) is 5.69 Å². The van der Waals surface area contributed by atoms with Crippen LogP contribution in [-0.2, 0) is 0 Å². The molecule has 1 aromatic carbocycles. The summed E-state index contributed by atoms with van der Waals surface area (Å²) in [5.41, 5.74) is 1.12. The van der Waals surface area contributed by atoms with Crippen LogP contribution < -0.4 is 9.62 Å². The maximum Gasteiger partial charge on any atom is 0.155 e. The zero-order chi connectivity index (χ0) is 11.8. The molecule has 0 radical (unpaired) electrons. The van der Waals surface area contributed by atoms with Gasteiger partial charge in [0, 0.05) is 19.3 Å². The van der Waals surface area contributed by atoms with Crippen molar-refractivity contribution in [2.45, 2.75) is 19.8 Å². The molecular weight excluding hydrogens is 236 g/mol. The van der Waals surface area contributed by atoms with E-state index in [1.807, 2.05) is 30.1 Å². The number of hydrogen-bond donors (Lipinski definition) is 1. The second kappa shape index (κ2) is 7.65. The Balaban J connectivity index is 2.37. The summed E-state index contributed by atoms with van der Waals surface area (Å²) < 4.78 is 4.12. The summed E-state index contributed by atoms with van der Waals surface area (Å²) in [7, 11) is 1.99. The van der Waals surface area contributed by atoms with Crippen LogP contribution in [0.15, 0.2) is 30.3 Å². The van der Waals surface area contributed by atoms with Gasteiger partial charge < -0.3 is 4.90 Å². The molecule has 0 saturated carbocycles. The van der Waals surface area contributed by atoms with Gasteiger partial charge in [-0.05, 0) is 30.5 Å². The highest BCUT2D eigenvalue weighted by molar-refractivity contribution is 8.22. The van der Waals surface area contributed by atoms with E-state index in [-0.39, 0.29) is 0 Å². The number of nitrogens with zero attached hydrogens (tertiary/aromatic N) is 1. The number of anilines is 1. The van der Waals surface area contributed by atoms with Gasteiger partial charge in [-0.3, -0.25) is 4.72 Å². The van der Waals surface area contributed by atoms with E-state index >= 15 is 0 Å². The Hall–Kier alpha value is -0.580. The van der Waals surface area contributed by atoms with Gasteiger partial charge in [0.1, 0.15) is 0 Å². The third kappa shape index (κ3) is 4.51. The van der Waals surface area contributed by atoms with E-state index in [1.54, 1.807) is 0 Å². The number of nitrogens with one attached hydrogen (secondary N) is 1. The Morgan fingerprint density at radius 1 is 1.38 bits per heavy atom. The van der Waals surface area contributed by atoms with Crippen molar-refractivity contribution in [1.29, 1.82) is 0 Å². The van der Waals surface area contributed by atoms with Gasteiger partial charge >= 0.3 is 0 Å². The first-order valence-electron chi connectivity index (χ1n) is 5.48. The van der Waals surface area contributed by atoms with Crippen molar-refractivity contribution in [2.24, 2.45) is 0 Å². The molecule has 1 N–H and O–H groups in total. The van der Waals surface area contributed by atoms with Crippen molar-refractivity contribution in [3.05, 3.63) is 30.3 Å². The van der Waals surface area contributed by atoms with E-state index in [4.69, 9.17) is 12.2 Å². The minimum absolute atomic E-state index is 0.849. The van der Waals surface area contributed by atoms with Crippen LogP contribution in [-0.4, -0.2) is 17.9 Å². The highest BCUT2D eigenvalue weighted by atomic mass is 32.2. The van der Waals surface area contributed by atoms with Crippen LogP contribution in [0.2, 0.25) is 0 Å². The standard InChI is InChI=1S/C12H18N2S2/c1-3-4-10-13-16-12(15)14(2)11-8-6-5-7-9-11/h5-9,13H,3-4,10H2,1-2H3. The molecule has 88 valence electrons. The quantitative estimate of drug-likeness (QED) is 0.491. The summed E-state index contributed by atoms with van der Waals surface area (Å²) in [6, 6.07) is 10.2. The molecule has 16 heavy (non-hydrogen) atoms. The Morgan fingerprint density at radius 2 is 2.06 bits per heavy atom. The monoisotopic (exact) mass is 254 g/mol. The van der Waals surface area contributed by atoms with Crippen molar-refractivity contribution in [1.82, 2.24) is 4.72 Å². The molecule has 0 aliphatic carbocycles. The molecule has 1 aromatic rings. The summed E-state index contributed by atoms with van der Waals surface area (Å²) in [5.74, 6) is 0. The summed E-state index contributed by atoms with van der Waals surface area (Å²) in [5, 5.41) is 0. The van der Waals surface area contributed by atoms with Gasteiger partial charge in [-0.15, -0.1) is 0 Å². The number of para-hydroxylation sites is 1. The van der Waals surface area contributed by atoms with Gasteiger partial charge in [0.25, 0.3) is 0 Å². The lowest BCUT2D eigenvalue weighted by molar-refractivity contribution is 0.778. The molecule has 0 atom stereocenters. The van der Waals surface area contributed by atoms with E-state index in [0.29, 0.717) is 0 Å². The van der Waals surface area contributed by atoms with Crippen molar-refractivity contribution in [3.63, 3.8) is 0 Å². The lowest BCUT2D eigenvalue weighted by atomic mass is 10.3. The summed E-state index contributed by atoms with van der Waals surface area (Å²) >= 11 is 6.86. The maximum absolute atomic E-state index is 5.33. The van der Waals surface area contributed by atoms with Crippen LogP contribution in [0.5, 0.6) is 0 Å². The molecule has 0 aliphatic rings. The first-order valence-corrected chi connectivity index (χ1v) is 6.70. The van der Waals surface area contributed by atoms with E-state index in [9.17, 15) is 0 Å². The van der Waals surface area contributed by atoms with Gasteiger partial charge in [0.15, 0.2) is 4.32 Å². The number of hydrogen-bond acceptors (Lipinski definition) is 3. The second-order valence-corrected chi connectivity index (χ2v) is 5.04. The third-order valence-electron chi connectivity index (χ3n) is 2.21. The Bertz CT molecular complexity index is 314. The maximum atomic E-state index is 5.33. The minimum Gasteiger partial charge on any atom is -0.329 e. The Morgan fingerprint density at radius 3 is 2.69 bits per heavy atom. The lowest BCUT2D eigenvalue weighted by Crippen LogP contribution is -2.24. The van der Waals surface area contributed by atoms with Crippen LogP contribution in [0, 0.1) is 0 Å². The molecule has 0 saturated heterocycles. The number of rotatable bonds is 5. The largest absolute Gasteiger partial charge is 0.329 e. The number of thiocarbonyl (C=S) groups is 1. The van der Waals surface area contributed by atoms with Gasteiger partial charge in [-0.2, -0.15) is 0 Å². The van der Waals surface area contributed by atoms with Crippen LogP contribution in [0.1, 0.15) is 19.8 Å². The first-order chi connectivity index (χ1) is 7.75. The zero-order valence-electron chi connectivity index (χ0n) is 9.77. The average molecular weight is 254 g/mol. The smallest absolute Gasteiger partial charge is 0.155 e. The average Bonchev–Trinajstić information content (AvgIpc) is 2.34. The molecule has 4 heteroatoms. The van der Waals surface area contributed by atoms with Gasteiger partial charge in [-0.1, -0.05) is 43.8 Å². The molecule has 0 fully saturated rings. The van der Waals surface area contributed by atoms with E-state index in [1.165, 1.54) is 24.8 Å². The number of unbranched alkanes of at least 4 members (excludes halogenated alkanes) is 1. The van der Waals surface area contributed by atoms with E-state index in [0.717, 1.165) is 16.6 Å². The predicted octanol–water partition coefficient (Wildman–Crippen LogP) is 3.45. The van der Waals surface area contributed by atoms with Crippen molar-refractivity contribution >= 4 is 34.2 Å². The Kier molecular flexibility index (Phi) is 6.45. The molecule has 0 aliphatic heterocycles. The topological polar surface area (TPSA) is 15.3 Å². The molecule has 2 nitrogen and oxygen atoms in total. The van der Waals surface area contributed by atoms with Crippen molar-refractivity contribution < 1.29 is 0 Å². The molecule has 0 heterocycles. The fourth-order valence-corrected chi connectivity index (χ4v) is 2.08. The van der Waals surface area contributed by atoms with Crippen molar-refractivity contribution in [2.75, 3.05) is 18.5 Å². The normalized spacial score (nSPS) is 10.1. The molecular formula is C12H18N2S2. The molecule has 0 bridgehead atoms. The Labute approximate surface area is 108 Å². The first kappa shape index (κ1) is 13.5. The molecule has 0 aromatic heterocycles. The SMILES string of the molecule is CCCCNSC(=S)N(C)c1ccccc1. The lowest BCUT2D eigenvalue weighted by Gasteiger charge is -2.19. The van der Waals surface area contributed by atoms with Crippen LogP contribution in [0.3, 0.4) is 0 Å². The molecule has 0 unspecified atom stereocenters. The molecule has 0 amide bonds. The fraction of sp³-hybridized carbons (Fsp3) is 0.417. The van der Waals surface area contributed by atoms with Crippen LogP contribution >= 0.6 is 24.2 Å². The third-order valence-corrected chi connectivity index (χ3v) is 3.53. The predicted molar refractivity (Wildman–Crippen MR) is 77.9 cm³/mol. The zero-order valence-corrected chi connectivity index (χ0v) is 11.4. The second-order valence-electron chi connectivity index (χ2n) is 3.51. The van der Waals surface area contributed by atoms with Gasteiger partial charge in [0.05, 0.1) is 0 Å². The fourth-order valence-electron chi connectivity index (χ4n) is 1.19. The summed E-state index contributed by atoms with van der Waals surface area (Å²) in [6.07, 6.45) is 2.39. The molecule has 1 rings (SSSR count). The van der Waals surface area contributed by atoms with Gasteiger partial charge in [0.2, 0.25) is 0 Å².